The first kappa shape index (κ1) is 15.1. The molecule has 0 aliphatic carbocycles. The zero-order valence-electron chi connectivity index (χ0n) is 9.43. The quantitative estimate of drug-likeness (QED) is 0.775. The van der Waals surface area contributed by atoms with Gasteiger partial charge in [0, 0.05) is 0 Å². The molecule has 0 aliphatic rings. The monoisotopic (exact) mass is 283 g/mol. The lowest BCUT2D eigenvalue weighted by atomic mass is 10.1. The molecular formula is C11H7F6NO. The second kappa shape index (κ2) is 4.99. The van der Waals surface area contributed by atoms with Gasteiger partial charge in [0.2, 0.25) is 0 Å². The number of alkyl halides is 6. The van der Waals surface area contributed by atoms with Crippen molar-refractivity contribution in [3.05, 3.63) is 29.3 Å². The normalized spacial score (nSPS) is 12.4. The number of nitriles is 1. The van der Waals surface area contributed by atoms with E-state index in [4.69, 9.17) is 5.26 Å². The van der Waals surface area contributed by atoms with Gasteiger partial charge < -0.3 is 4.74 Å². The zero-order chi connectivity index (χ0) is 14.8. The highest BCUT2D eigenvalue weighted by molar-refractivity contribution is 5.41. The Bertz CT molecular complexity index is 485. The second-order valence-corrected chi connectivity index (χ2v) is 3.67. The van der Waals surface area contributed by atoms with Crippen molar-refractivity contribution in [3.63, 3.8) is 0 Å². The lowest BCUT2D eigenvalue weighted by Gasteiger charge is -2.24. The maximum absolute atomic E-state index is 12.3. The molecule has 8 heteroatoms. The SMILES string of the molecule is Cc1cc(OC(C(F)(F)F)C(F)(F)F)ccc1C#N. The molecule has 104 valence electrons. The summed E-state index contributed by atoms with van der Waals surface area (Å²) in [4.78, 5) is 0. The van der Waals surface area contributed by atoms with Crippen molar-refractivity contribution in [1.82, 2.24) is 0 Å². The molecule has 1 aromatic carbocycles. The smallest absolute Gasteiger partial charge is 0.434 e. The second-order valence-electron chi connectivity index (χ2n) is 3.67. The number of aryl methyl sites for hydroxylation is 1. The summed E-state index contributed by atoms with van der Waals surface area (Å²) >= 11 is 0. The van der Waals surface area contributed by atoms with Gasteiger partial charge in [0.25, 0.3) is 6.10 Å². The molecule has 0 unspecified atom stereocenters. The molecular weight excluding hydrogens is 276 g/mol. The Kier molecular flexibility index (Phi) is 3.98. The fourth-order valence-electron chi connectivity index (χ4n) is 1.29. The van der Waals surface area contributed by atoms with E-state index in [1.54, 1.807) is 6.07 Å². The van der Waals surface area contributed by atoms with Gasteiger partial charge in [0.1, 0.15) is 5.75 Å². The third-order valence-corrected chi connectivity index (χ3v) is 2.17. The summed E-state index contributed by atoms with van der Waals surface area (Å²) in [6, 6.07) is 4.66. The predicted molar refractivity (Wildman–Crippen MR) is 52.4 cm³/mol. The van der Waals surface area contributed by atoms with Crippen LogP contribution in [0.25, 0.3) is 0 Å². The molecule has 0 spiro atoms. The number of hydrogen-bond acceptors (Lipinski definition) is 2. The summed E-state index contributed by atoms with van der Waals surface area (Å²) in [7, 11) is 0. The Morgan fingerprint density at radius 1 is 1.11 bits per heavy atom. The van der Waals surface area contributed by atoms with Gasteiger partial charge in [-0.15, -0.1) is 0 Å². The molecule has 0 bridgehead atoms. The summed E-state index contributed by atoms with van der Waals surface area (Å²) in [6.07, 6.45) is -15.0. The number of rotatable bonds is 2. The zero-order valence-corrected chi connectivity index (χ0v) is 9.43. The van der Waals surface area contributed by atoms with Crippen LogP contribution in [-0.4, -0.2) is 18.5 Å². The Balaban J connectivity index is 3.05. The lowest BCUT2D eigenvalue weighted by Crippen LogP contribution is -2.46. The van der Waals surface area contributed by atoms with Gasteiger partial charge in [-0.1, -0.05) is 0 Å². The molecule has 0 heterocycles. The first-order valence-corrected chi connectivity index (χ1v) is 4.86. The van der Waals surface area contributed by atoms with E-state index in [-0.39, 0.29) is 11.1 Å². The number of hydrogen-bond donors (Lipinski definition) is 0. The van der Waals surface area contributed by atoms with Crippen LogP contribution >= 0.6 is 0 Å². The predicted octanol–water partition coefficient (Wildman–Crippen LogP) is 3.74. The minimum Gasteiger partial charge on any atom is -0.471 e. The van der Waals surface area contributed by atoms with Gasteiger partial charge in [-0.05, 0) is 30.7 Å². The molecule has 19 heavy (non-hydrogen) atoms. The fourth-order valence-corrected chi connectivity index (χ4v) is 1.29. The summed E-state index contributed by atoms with van der Waals surface area (Å²) in [5, 5.41) is 8.60. The van der Waals surface area contributed by atoms with Crippen molar-refractivity contribution in [2.45, 2.75) is 25.4 Å². The summed E-state index contributed by atoms with van der Waals surface area (Å²) in [5.74, 6) is -0.601. The first-order valence-electron chi connectivity index (χ1n) is 4.86. The maximum Gasteiger partial charge on any atom is 0.434 e. The first-order chi connectivity index (χ1) is 8.55. The largest absolute Gasteiger partial charge is 0.471 e. The molecule has 0 saturated heterocycles. The van der Waals surface area contributed by atoms with Crippen molar-refractivity contribution < 1.29 is 31.1 Å². The van der Waals surface area contributed by atoms with Crippen molar-refractivity contribution in [3.8, 4) is 11.8 Å². The van der Waals surface area contributed by atoms with E-state index in [0.29, 0.717) is 0 Å². The number of benzene rings is 1. The third-order valence-electron chi connectivity index (χ3n) is 2.17. The molecule has 0 fully saturated rings. The molecule has 0 saturated carbocycles. The van der Waals surface area contributed by atoms with Gasteiger partial charge in [-0.2, -0.15) is 31.6 Å². The van der Waals surface area contributed by atoms with Crippen molar-refractivity contribution in [1.29, 1.82) is 5.26 Å². The third kappa shape index (κ3) is 3.77. The van der Waals surface area contributed by atoms with Crippen LogP contribution in [-0.2, 0) is 0 Å². The Morgan fingerprint density at radius 2 is 1.63 bits per heavy atom. The number of ether oxygens (including phenoxy) is 1. The van der Waals surface area contributed by atoms with Crippen LogP contribution in [0.1, 0.15) is 11.1 Å². The van der Waals surface area contributed by atoms with E-state index in [2.05, 4.69) is 4.74 Å². The van der Waals surface area contributed by atoms with Gasteiger partial charge in [-0.25, -0.2) is 0 Å². The number of halogens is 6. The van der Waals surface area contributed by atoms with Crippen LogP contribution in [0.3, 0.4) is 0 Å². The molecule has 0 aromatic heterocycles. The van der Waals surface area contributed by atoms with Gasteiger partial charge in [0.05, 0.1) is 11.6 Å². The maximum atomic E-state index is 12.3. The lowest BCUT2D eigenvalue weighted by molar-refractivity contribution is -0.299. The van der Waals surface area contributed by atoms with Gasteiger partial charge in [0.15, 0.2) is 0 Å². The van der Waals surface area contributed by atoms with Gasteiger partial charge >= 0.3 is 12.4 Å². The number of nitrogens with zero attached hydrogens (tertiary/aromatic N) is 1. The Hall–Kier alpha value is -1.91. The van der Waals surface area contributed by atoms with Crippen LogP contribution in [0.15, 0.2) is 18.2 Å². The van der Waals surface area contributed by atoms with Crippen LogP contribution < -0.4 is 4.74 Å². The van der Waals surface area contributed by atoms with Crippen LogP contribution in [0.2, 0.25) is 0 Å². The summed E-state index contributed by atoms with van der Waals surface area (Å²) in [6.45, 7) is 1.38. The highest BCUT2D eigenvalue weighted by Crippen LogP contribution is 2.36. The summed E-state index contributed by atoms with van der Waals surface area (Å²) in [5.41, 5.74) is 0.367. The fraction of sp³-hybridized carbons (Fsp3) is 0.364. The standard InChI is InChI=1S/C11H7F6NO/c1-6-4-8(3-2-7(6)5-18)19-9(10(12,13)14)11(15,16)17/h2-4,9H,1H3. The van der Waals surface area contributed by atoms with Crippen LogP contribution in [0.5, 0.6) is 5.75 Å². The van der Waals surface area contributed by atoms with Crippen molar-refractivity contribution in [2.24, 2.45) is 0 Å². The van der Waals surface area contributed by atoms with Gasteiger partial charge in [-0.3, -0.25) is 0 Å². The molecule has 2 nitrogen and oxygen atoms in total. The van der Waals surface area contributed by atoms with Crippen LogP contribution in [0, 0.1) is 18.3 Å². The molecule has 0 N–H and O–H groups in total. The van der Waals surface area contributed by atoms with E-state index in [1.165, 1.54) is 6.92 Å². The topological polar surface area (TPSA) is 33.0 Å². The van der Waals surface area contributed by atoms with E-state index in [0.717, 1.165) is 18.2 Å². The Labute approximate surface area is 104 Å². The molecule has 0 radical (unpaired) electrons. The molecule has 0 atom stereocenters. The minimum absolute atomic E-state index is 0.142. The van der Waals surface area contributed by atoms with Crippen LogP contribution in [0.4, 0.5) is 26.3 Å². The highest BCUT2D eigenvalue weighted by Gasteiger charge is 2.59. The van der Waals surface area contributed by atoms with E-state index >= 15 is 0 Å². The average molecular weight is 283 g/mol. The highest BCUT2D eigenvalue weighted by atomic mass is 19.4. The van der Waals surface area contributed by atoms with E-state index in [1.807, 2.05) is 0 Å². The van der Waals surface area contributed by atoms with E-state index < -0.39 is 24.2 Å². The average Bonchev–Trinajstić information content (AvgIpc) is 2.23. The minimum atomic E-state index is -5.57. The van der Waals surface area contributed by atoms with Crippen molar-refractivity contribution >= 4 is 0 Å². The molecule has 1 rings (SSSR count). The molecule has 0 aliphatic heterocycles. The Morgan fingerprint density at radius 3 is 2.00 bits per heavy atom. The summed E-state index contributed by atoms with van der Waals surface area (Å²) < 4.78 is 77.5. The van der Waals surface area contributed by atoms with E-state index in [9.17, 15) is 26.3 Å². The van der Waals surface area contributed by atoms with Crippen molar-refractivity contribution in [2.75, 3.05) is 0 Å². The molecule has 0 amide bonds. The molecule has 1 aromatic rings.